The van der Waals surface area contributed by atoms with Crippen LogP contribution in [0.1, 0.15) is 73.2 Å². The van der Waals surface area contributed by atoms with Crippen LogP contribution in [0, 0.1) is 25.7 Å². The molecular formula is C52H50Cl2N4O8S2. The van der Waals surface area contributed by atoms with E-state index in [1.54, 1.807) is 97.1 Å². The number of rotatable bonds is 14. The Labute approximate surface area is 407 Å². The summed E-state index contributed by atoms with van der Waals surface area (Å²) < 4.78 is 70.5. The summed E-state index contributed by atoms with van der Waals surface area (Å²) in [5.74, 6) is -1.72. The van der Waals surface area contributed by atoms with Crippen molar-refractivity contribution in [3.05, 3.63) is 201 Å². The molecule has 0 aromatic heterocycles. The summed E-state index contributed by atoms with van der Waals surface area (Å²) in [4.78, 5) is 36.6. The average Bonchev–Trinajstić information content (AvgIpc) is 3.87. The fraction of sp³-hybridized carbons (Fsp3) is 0.231. The van der Waals surface area contributed by atoms with Crippen molar-refractivity contribution < 1.29 is 35.9 Å². The molecule has 352 valence electrons. The Bertz CT molecular complexity index is 2850. The lowest BCUT2D eigenvalue weighted by molar-refractivity contribution is -0.142. The van der Waals surface area contributed by atoms with Gasteiger partial charge in [0.25, 0.3) is 0 Å². The molecule has 0 aliphatic carbocycles. The third-order valence-electron chi connectivity index (χ3n) is 11.9. The normalized spacial score (nSPS) is 19.1. The van der Waals surface area contributed by atoms with E-state index < -0.39 is 67.0 Å². The number of esters is 2. The summed E-state index contributed by atoms with van der Waals surface area (Å²) >= 11 is 12.2. The summed E-state index contributed by atoms with van der Waals surface area (Å²) in [6, 6.07) is 42.4. The first-order chi connectivity index (χ1) is 32.3. The number of cyclic esters (lactones) is 2. The van der Waals surface area contributed by atoms with E-state index in [1.807, 2.05) is 77.9 Å². The number of carbonyl (C=O) groups is 2. The number of hydrogen-bond acceptors (Lipinski definition) is 10. The molecule has 0 amide bonds. The second kappa shape index (κ2) is 20.3. The molecule has 6 aromatic rings. The van der Waals surface area contributed by atoms with Gasteiger partial charge in [-0.05, 0) is 110 Å². The van der Waals surface area contributed by atoms with Crippen molar-refractivity contribution in [3.63, 3.8) is 0 Å². The number of carbonyl (C=O) groups excluding carboxylic acids is 2. The van der Waals surface area contributed by atoms with Crippen molar-refractivity contribution in [1.82, 2.24) is 9.44 Å². The van der Waals surface area contributed by atoms with Crippen molar-refractivity contribution in [2.75, 3.05) is 0 Å². The predicted octanol–water partition coefficient (Wildman–Crippen LogP) is 10.1. The molecule has 0 bridgehead atoms. The van der Waals surface area contributed by atoms with E-state index in [0.29, 0.717) is 32.3 Å². The Balaban J connectivity index is 0.000000201. The van der Waals surface area contributed by atoms with Crippen LogP contribution in [0.3, 0.4) is 0 Å². The number of aliphatic imine (C=N–C) groups is 2. The second-order valence-electron chi connectivity index (χ2n) is 17.1. The zero-order valence-corrected chi connectivity index (χ0v) is 41.2. The molecule has 6 aromatic carbocycles. The highest BCUT2D eigenvalue weighted by Crippen LogP contribution is 2.44. The fourth-order valence-electron chi connectivity index (χ4n) is 8.00. The lowest BCUT2D eigenvalue weighted by Crippen LogP contribution is -2.52. The highest BCUT2D eigenvalue weighted by atomic mass is 35.5. The first kappa shape index (κ1) is 49.9. The number of nitrogens with one attached hydrogen (secondary N) is 2. The third-order valence-corrected chi connectivity index (χ3v) is 15.3. The number of ether oxygens (including phenoxy) is 2. The molecule has 2 aliphatic rings. The minimum absolute atomic E-state index is 0.0922. The van der Waals surface area contributed by atoms with Crippen LogP contribution in [-0.4, -0.2) is 51.6 Å². The molecule has 0 fully saturated rings. The summed E-state index contributed by atoms with van der Waals surface area (Å²) in [6.45, 7) is 11.0. The van der Waals surface area contributed by atoms with Crippen LogP contribution < -0.4 is 9.44 Å². The number of sulfonamides is 2. The maximum atomic E-state index is 13.5. The van der Waals surface area contributed by atoms with Crippen LogP contribution in [0.2, 0.25) is 10.0 Å². The van der Waals surface area contributed by atoms with Gasteiger partial charge in [0.05, 0.1) is 21.9 Å². The number of hydrogen-bond donors (Lipinski definition) is 2. The number of nitrogens with zero attached hydrogens (tertiary/aromatic N) is 2. The monoisotopic (exact) mass is 992 g/mol. The van der Waals surface area contributed by atoms with Crippen molar-refractivity contribution in [2.24, 2.45) is 21.8 Å². The van der Waals surface area contributed by atoms with Crippen molar-refractivity contribution >= 4 is 67.0 Å². The van der Waals surface area contributed by atoms with Crippen LogP contribution in [0.15, 0.2) is 178 Å². The summed E-state index contributed by atoms with van der Waals surface area (Å²) in [6.07, 6.45) is 0. The first-order valence-electron chi connectivity index (χ1n) is 21.7. The van der Waals surface area contributed by atoms with Gasteiger partial charge in [0.2, 0.25) is 31.8 Å². The van der Waals surface area contributed by atoms with E-state index in [4.69, 9.17) is 42.7 Å². The van der Waals surface area contributed by atoms with Crippen LogP contribution in [0.25, 0.3) is 0 Å². The van der Waals surface area contributed by atoms with E-state index in [1.165, 1.54) is 24.3 Å². The van der Waals surface area contributed by atoms with Gasteiger partial charge in [0.1, 0.15) is 0 Å². The van der Waals surface area contributed by atoms with Gasteiger partial charge in [-0.25, -0.2) is 45.9 Å². The number of halogens is 2. The fourth-order valence-corrected chi connectivity index (χ4v) is 10.8. The van der Waals surface area contributed by atoms with Gasteiger partial charge in [0, 0.05) is 21.2 Å². The molecule has 0 unspecified atom stereocenters. The second-order valence-corrected chi connectivity index (χ2v) is 21.4. The zero-order chi connectivity index (χ0) is 49.0. The molecule has 8 rings (SSSR count). The molecule has 0 spiro atoms. The predicted molar refractivity (Wildman–Crippen MR) is 265 cm³/mol. The summed E-state index contributed by atoms with van der Waals surface area (Å²) in [7, 11) is -8.02. The van der Waals surface area contributed by atoms with E-state index in [0.717, 1.165) is 11.1 Å². The highest BCUT2D eigenvalue weighted by molar-refractivity contribution is 7.89. The van der Waals surface area contributed by atoms with Crippen LogP contribution >= 0.6 is 23.2 Å². The third kappa shape index (κ3) is 10.4. The van der Waals surface area contributed by atoms with Crippen molar-refractivity contribution in [1.29, 1.82) is 0 Å². The molecule has 4 atom stereocenters. The van der Waals surface area contributed by atoms with Crippen molar-refractivity contribution in [3.8, 4) is 0 Å². The van der Waals surface area contributed by atoms with Gasteiger partial charge in [-0.2, -0.15) is 0 Å². The van der Waals surface area contributed by atoms with E-state index >= 15 is 0 Å². The summed E-state index contributed by atoms with van der Waals surface area (Å²) in [5.41, 5.74) is 1.16. The van der Waals surface area contributed by atoms with Gasteiger partial charge in [-0.15, -0.1) is 0 Å². The largest absolute Gasteiger partial charge is 0.405 e. The maximum absolute atomic E-state index is 13.5. The minimum Gasteiger partial charge on any atom is -0.405 e. The lowest BCUT2D eigenvalue weighted by atomic mass is 9.78. The molecule has 68 heavy (non-hydrogen) atoms. The van der Waals surface area contributed by atoms with Gasteiger partial charge in [0.15, 0.2) is 11.1 Å². The molecule has 12 nitrogen and oxygen atoms in total. The van der Waals surface area contributed by atoms with E-state index in [2.05, 4.69) is 9.44 Å². The summed E-state index contributed by atoms with van der Waals surface area (Å²) in [5, 5.41) is 0.981. The molecule has 2 aliphatic heterocycles. The molecular weight excluding hydrogens is 944 g/mol. The Morgan fingerprint density at radius 3 is 1.07 bits per heavy atom. The zero-order valence-electron chi connectivity index (χ0n) is 38.1. The molecule has 0 radical (unpaired) electrons. The van der Waals surface area contributed by atoms with Crippen molar-refractivity contribution in [2.45, 2.75) is 74.5 Å². The Hall–Kier alpha value is -6.00. The number of aryl methyl sites for hydroxylation is 2. The highest BCUT2D eigenvalue weighted by Gasteiger charge is 2.57. The molecule has 2 heterocycles. The van der Waals surface area contributed by atoms with E-state index in [-0.39, 0.29) is 21.6 Å². The van der Waals surface area contributed by atoms with Gasteiger partial charge in [-0.1, -0.05) is 147 Å². The molecule has 16 heteroatoms. The Morgan fingerprint density at radius 2 is 0.779 bits per heavy atom. The smallest absolute Gasteiger partial charge is 0.343 e. The first-order valence-corrected chi connectivity index (χ1v) is 25.4. The van der Waals surface area contributed by atoms with Crippen LogP contribution in [0.4, 0.5) is 0 Å². The standard InChI is InChI=1S/2C26H25ClN2O4S/c2*1-17(2)26(25(30)33-24(28-26)20-7-5-4-6-8-20)23(19-11-13-21(27)14-12-19)29-34(31,32)22-15-9-18(3)10-16-22/h2*4-17,23,29H,1-3H3/t2*23-,26+/m00/s1. The number of benzene rings is 6. The Kier molecular flexibility index (Phi) is 14.9. The van der Waals surface area contributed by atoms with Crippen LogP contribution in [-0.2, 0) is 39.1 Å². The quantitative estimate of drug-likeness (QED) is 0.102. The molecule has 0 saturated carbocycles. The molecule has 2 N–H and O–H groups in total. The van der Waals surface area contributed by atoms with Gasteiger partial charge in [-0.3, -0.25) is 0 Å². The lowest BCUT2D eigenvalue weighted by Gasteiger charge is -2.35. The topological polar surface area (TPSA) is 170 Å². The van der Waals surface area contributed by atoms with Crippen LogP contribution in [0.5, 0.6) is 0 Å². The maximum Gasteiger partial charge on any atom is 0.343 e. The minimum atomic E-state index is -4.01. The van der Waals surface area contributed by atoms with Gasteiger partial charge >= 0.3 is 11.9 Å². The SMILES string of the molecule is Cc1ccc(S(=O)(=O)N[C@@H](c2ccc(Cl)cc2)[C@@]2(C(C)C)N=C(c3ccccc3)OC2=O)cc1.Cc1ccc(S(=O)(=O)N[C@@H](c2ccc(Cl)cc2)[C@@]2(C(C)C)N=C(c3ccccc3)OC2=O)cc1. The van der Waals surface area contributed by atoms with Gasteiger partial charge < -0.3 is 9.47 Å². The Morgan fingerprint density at radius 1 is 0.471 bits per heavy atom. The average molecular weight is 994 g/mol. The molecule has 0 saturated heterocycles. The van der Waals surface area contributed by atoms with E-state index in [9.17, 15) is 26.4 Å².